The van der Waals surface area contributed by atoms with Crippen molar-refractivity contribution in [2.24, 2.45) is 0 Å². The van der Waals surface area contributed by atoms with Crippen molar-refractivity contribution >= 4 is 11.7 Å². The molecule has 1 aliphatic heterocycles. The number of amides is 1. The van der Waals surface area contributed by atoms with E-state index in [2.05, 4.69) is 10.3 Å². The predicted octanol–water partition coefficient (Wildman–Crippen LogP) is 3.50. The number of imidazole rings is 1. The molecular weight excluding hydrogens is 349 g/mol. The van der Waals surface area contributed by atoms with Crippen LogP contribution < -0.4 is 14.8 Å². The monoisotopic (exact) mass is 367 g/mol. The summed E-state index contributed by atoms with van der Waals surface area (Å²) in [6.45, 7) is 0. The first-order chi connectivity index (χ1) is 13.1. The standard InChI is InChI=1S/C20H18FN3O3/c1-26-12-7-8-17(27-2)13(9-12)14-10-18(25)23-20-19(14)22-11-24(20)16-6-4-3-5-15(16)21/h3-9,11,14H,10H2,1-2H3,(H,23,25)/t14-/m1/s1. The molecule has 0 unspecified atom stereocenters. The molecule has 1 N–H and O–H groups in total. The molecule has 7 heteroatoms. The van der Waals surface area contributed by atoms with E-state index in [1.54, 1.807) is 49.1 Å². The van der Waals surface area contributed by atoms with Gasteiger partial charge in [0.05, 0.1) is 25.6 Å². The first-order valence-electron chi connectivity index (χ1n) is 8.46. The first-order valence-corrected chi connectivity index (χ1v) is 8.46. The number of methoxy groups -OCH3 is 2. The Kier molecular flexibility index (Phi) is 4.27. The Morgan fingerprint density at radius 1 is 1.19 bits per heavy atom. The maximum absolute atomic E-state index is 14.3. The Hall–Kier alpha value is -3.35. The number of aromatic nitrogens is 2. The molecule has 2 heterocycles. The van der Waals surface area contributed by atoms with Crippen molar-refractivity contribution in [1.82, 2.24) is 9.55 Å². The molecule has 1 atom stereocenters. The van der Waals surface area contributed by atoms with Crippen LogP contribution in [0.3, 0.4) is 0 Å². The van der Waals surface area contributed by atoms with Crippen molar-refractivity contribution < 1.29 is 18.7 Å². The van der Waals surface area contributed by atoms with E-state index in [4.69, 9.17) is 9.47 Å². The normalized spacial score (nSPS) is 15.8. The molecule has 138 valence electrons. The van der Waals surface area contributed by atoms with Crippen molar-refractivity contribution in [2.45, 2.75) is 12.3 Å². The van der Waals surface area contributed by atoms with Gasteiger partial charge in [0.2, 0.25) is 5.91 Å². The molecule has 0 saturated carbocycles. The second-order valence-corrected chi connectivity index (χ2v) is 6.21. The highest BCUT2D eigenvalue weighted by molar-refractivity contribution is 5.94. The molecule has 2 aromatic carbocycles. The van der Waals surface area contributed by atoms with Crippen molar-refractivity contribution in [2.75, 3.05) is 19.5 Å². The fourth-order valence-corrected chi connectivity index (χ4v) is 3.41. The Morgan fingerprint density at radius 2 is 2.00 bits per heavy atom. The van der Waals surface area contributed by atoms with Crippen LogP contribution in [0.4, 0.5) is 10.2 Å². The average Bonchev–Trinajstić information content (AvgIpc) is 3.10. The van der Waals surface area contributed by atoms with Crippen LogP contribution in [0.25, 0.3) is 5.69 Å². The number of nitrogens with one attached hydrogen (secondary N) is 1. The summed E-state index contributed by atoms with van der Waals surface area (Å²) in [5.41, 5.74) is 1.78. The molecule has 0 bridgehead atoms. The highest BCUT2D eigenvalue weighted by Gasteiger charge is 2.33. The summed E-state index contributed by atoms with van der Waals surface area (Å²) in [6, 6.07) is 11.8. The number of fused-ring (bicyclic) bond motifs is 1. The van der Waals surface area contributed by atoms with E-state index < -0.39 is 5.82 Å². The van der Waals surface area contributed by atoms with Gasteiger partial charge in [0.1, 0.15) is 29.5 Å². The number of hydrogen-bond acceptors (Lipinski definition) is 4. The van der Waals surface area contributed by atoms with Crippen molar-refractivity contribution in [1.29, 1.82) is 0 Å². The van der Waals surface area contributed by atoms with E-state index in [0.29, 0.717) is 28.7 Å². The number of ether oxygens (including phenoxy) is 2. The van der Waals surface area contributed by atoms with Gasteiger partial charge in [-0.15, -0.1) is 0 Å². The zero-order valence-electron chi connectivity index (χ0n) is 14.9. The lowest BCUT2D eigenvalue weighted by atomic mass is 9.89. The van der Waals surface area contributed by atoms with Crippen molar-refractivity contribution in [3.63, 3.8) is 0 Å². The Morgan fingerprint density at radius 3 is 2.74 bits per heavy atom. The van der Waals surface area contributed by atoms with Gasteiger partial charge in [-0.05, 0) is 30.3 Å². The highest BCUT2D eigenvalue weighted by atomic mass is 19.1. The molecule has 0 aliphatic carbocycles. The zero-order valence-corrected chi connectivity index (χ0v) is 14.9. The van der Waals surface area contributed by atoms with Crippen LogP contribution in [0.5, 0.6) is 11.5 Å². The summed E-state index contributed by atoms with van der Waals surface area (Å²) in [4.78, 5) is 16.9. The second-order valence-electron chi connectivity index (χ2n) is 6.21. The maximum Gasteiger partial charge on any atom is 0.226 e. The summed E-state index contributed by atoms with van der Waals surface area (Å²) >= 11 is 0. The third-order valence-electron chi connectivity index (χ3n) is 4.70. The molecule has 6 nitrogen and oxygen atoms in total. The number of hydrogen-bond donors (Lipinski definition) is 1. The number of para-hydroxylation sites is 1. The minimum Gasteiger partial charge on any atom is -0.497 e. The van der Waals surface area contributed by atoms with Gasteiger partial charge in [0, 0.05) is 17.9 Å². The lowest BCUT2D eigenvalue weighted by molar-refractivity contribution is -0.116. The van der Waals surface area contributed by atoms with Gasteiger partial charge >= 0.3 is 0 Å². The van der Waals surface area contributed by atoms with Gasteiger partial charge in [-0.3, -0.25) is 9.36 Å². The number of benzene rings is 2. The van der Waals surface area contributed by atoms with E-state index in [1.807, 2.05) is 6.07 Å². The fourth-order valence-electron chi connectivity index (χ4n) is 3.41. The number of carbonyl (C=O) groups is 1. The Bertz CT molecular complexity index is 1020. The minimum atomic E-state index is -0.395. The van der Waals surface area contributed by atoms with E-state index in [-0.39, 0.29) is 18.2 Å². The van der Waals surface area contributed by atoms with Crippen molar-refractivity contribution in [3.05, 3.63) is 65.9 Å². The van der Waals surface area contributed by atoms with Crippen LogP contribution in [-0.2, 0) is 4.79 Å². The summed E-state index contributed by atoms with van der Waals surface area (Å²) in [5, 5.41) is 2.82. The molecular formula is C20H18FN3O3. The van der Waals surface area contributed by atoms with E-state index >= 15 is 0 Å². The fraction of sp³-hybridized carbons (Fsp3) is 0.200. The van der Waals surface area contributed by atoms with E-state index in [1.165, 1.54) is 12.4 Å². The van der Waals surface area contributed by atoms with Gasteiger partial charge in [-0.2, -0.15) is 0 Å². The summed E-state index contributed by atoms with van der Waals surface area (Å²) in [5.74, 6) is 0.871. The highest BCUT2D eigenvalue weighted by Crippen LogP contribution is 2.42. The average molecular weight is 367 g/mol. The van der Waals surface area contributed by atoms with Crippen LogP contribution in [0.2, 0.25) is 0 Å². The van der Waals surface area contributed by atoms with Crippen LogP contribution in [0, 0.1) is 5.82 Å². The van der Waals surface area contributed by atoms with Gasteiger partial charge in [-0.25, -0.2) is 9.37 Å². The van der Waals surface area contributed by atoms with E-state index in [0.717, 1.165) is 5.56 Å². The van der Waals surface area contributed by atoms with Crippen LogP contribution in [-0.4, -0.2) is 29.7 Å². The van der Waals surface area contributed by atoms with Crippen LogP contribution in [0.15, 0.2) is 48.8 Å². The van der Waals surface area contributed by atoms with Crippen LogP contribution >= 0.6 is 0 Å². The predicted molar refractivity (Wildman–Crippen MR) is 98.2 cm³/mol. The molecule has 0 fully saturated rings. The summed E-state index contributed by atoms with van der Waals surface area (Å²) < 4.78 is 26.6. The topological polar surface area (TPSA) is 65.4 Å². The number of rotatable bonds is 4. The SMILES string of the molecule is COc1ccc(OC)c([C@H]2CC(=O)Nc3c2ncn3-c2ccccc2F)c1. The molecule has 0 saturated heterocycles. The largest absolute Gasteiger partial charge is 0.497 e. The summed E-state index contributed by atoms with van der Waals surface area (Å²) in [7, 11) is 3.16. The molecule has 3 aromatic rings. The minimum absolute atomic E-state index is 0.171. The lowest BCUT2D eigenvalue weighted by Crippen LogP contribution is -2.25. The number of nitrogens with zero attached hydrogens (tertiary/aromatic N) is 2. The van der Waals surface area contributed by atoms with Crippen LogP contribution in [0.1, 0.15) is 23.6 Å². The number of carbonyl (C=O) groups excluding carboxylic acids is 1. The number of halogens is 1. The van der Waals surface area contributed by atoms with E-state index in [9.17, 15) is 9.18 Å². The second kappa shape index (κ2) is 6.75. The smallest absolute Gasteiger partial charge is 0.226 e. The zero-order chi connectivity index (χ0) is 19.0. The Labute approximate surface area is 155 Å². The molecule has 1 amide bonds. The van der Waals surface area contributed by atoms with Gasteiger partial charge in [0.25, 0.3) is 0 Å². The van der Waals surface area contributed by atoms with Crippen molar-refractivity contribution in [3.8, 4) is 17.2 Å². The molecule has 0 radical (unpaired) electrons. The molecule has 1 aromatic heterocycles. The maximum atomic E-state index is 14.3. The molecule has 0 spiro atoms. The van der Waals surface area contributed by atoms with Gasteiger partial charge < -0.3 is 14.8 Å². The third-order valence-corrected chi connectivity index (χ3v) is 4.70. The van der Waals surface area contributed by atoms with Gasteiger partial charge in [-0.1, -0.05) is 12.1 Å². The lowest BCUT2D eigenvalue weighted by Gasteiger charge is -2.25. The number of anilines is 1. The van der Waals surface area contributed by atoms with Gasteiger partial charge in [0.15, 0.2) is 0 Å². The quantitative estimate of drug-likeness (QED) is 0.766. The Balaban J connectivity index is 1.86. The molecule has 27 heavy (non-hydrogen) atoms. The first kappa shape index (κ1) is 17.1. The summed E-state index contributed by atoms with van der Waals surface area (Å²) in [6.07, 6.45) is 1.74. The third kappa shape index (κ3) is 2.91. The molecule has 4 rings (SSSR count). The molecule has 1 aliphatic rings.